The fourth-order valence-corrected chi connectivity index (χ4v) is 1.76. The molecule has 0 aromatic heterocycles. The Morgan fingerprint density at radius 3 is 2.50 bits per heavy atom. The highest BCUT2D eigenvalue weighted by molar-refractivity contribution is 5.79. The summed E-state index contributed by atoms with van der Waals surface area (Å²) in [5.41, 5.74) is 0. The fraction of sp³-hybridized carbons (Fsp3) is 0.818. The smallest absolute Gasteiger partial charge is 0.224 e. The molecule has 2 amide bonds. The maximum atomic E-state index is 11.6. The van der Waals surface area contributed by atoms with E-state index in [-0.39, 0.29) is 18.4 Å². The van der Waals surface area contributed by atoms with Crippen LogP contribution in [0.5, 0.6) is 0 Å². The third kappa shape index (κ3) is 4.61. The molecule has 5 heteroatoms. The zero-order valence-corrected chi connectivity index (χ0v) is 9.57. The molecule has 2 N–H and O–H groups in total. The molecule has 0 aromatic carbocycles. The van der Waals surface area contributed by atoms with Gasteiger partial charge in [-0.1, -0.05) is 0 Å². The first-order valence-electron chi connectivity index (χ1n) is 5.89. The molecule has 0 aliphatic carbocycles. The van der Waals surface area contributed by atoms with E-state index >= 15 is 0 Å². The van der Waals surface area contributed by atoms with Crippen LogP contribution in [0.25, 0.3) is 0 Å². The molecular formula is C11H20N2O3. The van der Waals surface area contributed by atoms with Crippen LogP contribution in [0, 0.1) is 0 Å². The molecule has 16 heavy (non-hydrogen) atoms. The van der Waals surface area contributed by atoms with Crippen molar-refractivity contribution in [2.24, 2.45) is 0 Å². The molecule has 5 nitrogen and oxygen atoms in total. The largest absolute Gasteiger partial charge is 0.396 e. The summed E-state index contributed by atoms with van der Waals surface area (Å²) in [6.45, 7) is 2.15. The summed E-state index contributed by atoms with van der Waals surface area (Å²) in [6, 6.07) is 0. The third-order valence-electron chi connectivity index (χ3n) is 2.68. The number of aliphatic hydroxyl groups excluding tert-OH is 1. The Morgan fingerprint density at radius 2 is 1.88 bits per heavy atom. The molecule has 0 atom stereocenters. The maximum Gasteiger partial charge on any atom is 0.224 e. The lowest BCUT2D eigenvalue weighted by Crippen LogP contribution is -2.32. The number of amides is 2. The van der Waals surface area contributed by atoms with E-state index in [0.29, 0.717) is 25.8 Å². The van der Waals surface area contributed by atoms with Gasteiger partial charge < -0.3 is 15.3 Å². The second-order valence-electron chi connectivity index (χ2n) is 4.02. The predicted molar refractivity (Wildman–Crippen MR) is 59.8 cm³/mol. The standard InChI is InChI=1S/C11H20N2O3/c14-9-3-4-10(15)12-6-5-11(16)13-7-1-2-8-13/h14H,1-9H2,(H,12,15). The number of aliphatic hydroxyl groups is 1. The van der Waals surface area contributed by atoms with E-state index in [2.05, 4.69) is 5.32 Å². The average molecular weight is 228 g/mol. The predicted octanol–water partition coefficient (Wildman–Crippen LogP) is -0.112. The molecule has 0 saturated carbocycles. The van der Waals surface area contributed by atoms with Crippen molar-refractivity contribution in [2.75, 3.05) is 26.2 Å². The minimum atomic E-state index is -0.0942. The molecule has 1 saturated heterocycles. The zero-order valence-electron chi connectivity index (χ0n) is 9.57. The van der Waals surface area contributed by atoms with E-state index in [1.54, 1.807) is 0 Å². The lowest BCUT2D eigenvalue weighted by atomic mass is 10.3. The van der Waals surface area contributed by atoms with Crippen molar-refractivity contribution in [2.45, 2.75) is 32.1 Å². The molecule has 1 heterocycles. The summed E-state index contributed by atoms with van der Waals surface area (Å²) in [4.78, 5) is 24.6. The minimum Gasteiger partial charge on any atom is -0.396 e. The highest BCUT2D eigenvalue weighted by Gasteiger charge is 2.17. The van der Waals surface area contributed by atoms with Crippen molar-refractivity contribution < 1.29 is 14.7 Å². The van der Waals surface area contributed by atoms with Crippen LogP contribution >= 0.6 is 0 Å². The average Bonchev–Trinajstić information content (AvgIpc) is 2.79. The Balaban J connectivity index is 2.05. The van der Waals surface area contributed by atoms with Gasteiger partial charge in [0.1, 0.15) is 0 Å². The van der Waals surface area contributed by atoms with Crippen LogP contribution in [0.4, 0.5) is 0 Å². The lowest BCUT2D eigenvalue weighted by molar-refractivity contribution is -0.130. The van der Waals surface area contributed by atoms with Crippen molar-refractivity contribution >= 4 is 11.8 Å². The van der Waals surface area contributed by atoms with Gasteiger partial charge in [0.25, 0.3) is 0 Å². The first kappa shape index (κ1) is 13.0. The highest BCUT2D eigenvalue weighted by Crippen LogP contribution is 2.08. The van der Waals surface area contributed by atoms with Crippen LogP contribution in [-0.2, 0) is 9.59 Å². The van der Waals surface area contributed by atoms with Gasteiger partial charge in [-0.25, -0.2) is 0 Å². The number of hydrogen-bond donors (Lipinski definition) is 2. The molecule has 92 valence electrons. The summed E-state index contributed by atoms with van der Waals surface area (Å²) in [5, 5.41) is 11.2. The van der Waals surface area contributed by atoms with Gasteiger partial charge in [-0.3, -0.25) is 9.59 Å². The molecule has 0 radical (unpaired) electrons. The second-order valence-corrected chi connectivity index (χ2v) is 4.02. The molecule has 0 aromatic rings. The Kier molecular flexibility index (Phi) is 5.85. The Labute approximate surface area is 95.8 Å². The summed E-state index contributed by atoms with van der Waals surface area (Å²) in [7, 11) is 0. The number of hydrogen-bond acceptors (Lipinski definition) is 3. The molecule has 1 fully saturated rings. The Hall–Kier alpha value is -1.10. The fourth-order valence-electron chi connectivity index (χ4n) is 1.76. The quantitative estimate of drug-likeness (QED) is 0.666. The van der Waals surface area contributed by atoms with Crippen LogP contribution in [0.1, 0.15) is 32.1 Å². The Bertz CT molecular complexity index is 237. The van der Waals surface area contributed by atoms with Crippen molar-refractivity contribution in [3.8, 4) is 0 Å². The van der Waals surface area contributed by atoms with Crippen LogP contribution in [0.3, 0.4) is 0 Å². The zero-order chi connectivity index (χ0) is 11.8. The van der Waals surface area contributed by atoms with Crippen LogP contribution in [0.15, 0.2) is 0 Å². The number of nitrogens with zero attached hydrogens (tertiary/aromatic N) is 1. The highest BCUT2D eigenvalue weighted by atomic mass is 16.3. The third-order valence-corrected chi connectivity index (χ3v) is 2.68. The SMILES string of the molecule is O=C(CCCO)NCCC(=O)N1CCCC1. The molecule has 0 spiro atoms. The van der Waals surface area contributed by atoms with Gasteiger partial charge in [-0.15, -0.1) is 0 Å². The number of carbonyl (C=O) groups excluding carboxylic acids is 2. The molecule has 1 aliphatic heterocycles. The van der Waals surface area contributed by atoms with Crippen molar-refractivity contribution in [1.82, 2.24) is 10.2 Å². The van der Waals surface area contributed by atoms with Crippen molar-refractivity contribution in [1.29, 1.82) is 0 Å². The Morgan fingerprint density at radius 1 is 1.19 bits per heavy atom. The minimum absolute atomic E-state index is 0.0279. The molecule has 1 aliphatic rings. The normalized spacial score (nSPS) is 15.2. The van der Waals surface area contributed by atoms with E-state index in [1.165, 1.54) is 0 Å². The number of nitrogens with one attached hydrogen (secondary N) is 1. The van der Waals surface area contributed by atoms with Gasteiger partial charge in [0, 0.05) is 39.1 Å². The van der Waals surface area contributed by atoms with Gasteiger partial charge in [0.05, 0.1) is 0 Å². The number of likely N-dealkylation sites (tertiary alicyclic amines) is 1. The van der Waals surface area contributed by atoms with Gasteiger partial charge >= 0.3 is 0 Å². The maximum absolute atomic E-state index is 11.6. The van der Waals surface area contributed by atoms with Crippen molar-refractivity contribution in [3.63, 3.8) is 0 Å². The summed E-state index contributed by atoms with van der Waals surface area (Å²) in [5.74, 6) is 0.0308. The summed E-state index contributed by atoms with van der Waals surface area (Å²) < 4.78 is 0. The van der Waals surface area contributed by atoms with E-state index < -0.39 is 0 Å². The van der Waals surface area contributed by atoms with Crippen LogP contribution in [0.2, 0.25) is 0 Å². The first-order chi connectivity index (χ1) is 7.74. The monoisotopic (exact) mass is 228 g/mol. The van der Waals surface area contributed by atoms with Gasteiger partial charge in [-0.05, 0) is 19.3 Å². The molecule has 0 unspecified atom stereocenters. The van der Waals surface area contributed by atoms with Crippen LogP contribution < -0.4 is 5.32 Å². The summed E-state index contributed by atoms with van der Waals surface area (Å²) in [6.07, 6.45) is 3.37. The number of rotatable bonds is 6. The van der Waals surface area contributed by atoms with Gasteiger partial charge in [0.2, 0.25) is 11.8 Å². The number of carbonyl (C=O) groups is 2. The lowest BCUT2D eigenvalue weighted by Gasteiger charge is -2.15. The van der Waals surface area contributed by atoms with Gasteiger partial charge in [-0.2, -0.15) is 0 Å². The van der Waals surface area contributed by atoms with Gasteiger partial charge in [0.15, 0.2) is 0 Å². The second kappa shape index (κ2) is 7.22. The van der Waals surface area contributed by atoms with E-state index in [4.69, 9.17) is 5.11 Å². The molecular weight excluding hydrogens is 208 g/mol. The molecule has 1 rings (SSSR count). The van der Waals surface area contributed by atoms with Crippen molar-refractivity contribution in [3.05, 3.63) is 0 Å². The van der Waals surface area contributed by atoms with E-state index in [1.807, 2.05) is 4.90 Å². The van der Waals surface area contributed by atoms with E-state index in [9.17, 15) is 9.59 Å². The first-order valence-corrected chi connectivity index (χ1v) is 5.89. The molecule has 0 bridgehead atoms. The van der Waals surface area contributed by atoms with E-state index in [0.717, 1.165) is 25.9 Å². The summed E-state index contributed by atoms with van der Waals surface area (Å²) >= 11 is 0. The topological polar surface area (TPSA) is 69.6 Å². The van der Waals surface area contributed by atoms with Crippen LogP contribution in [-0.4, -0.2) is 48.1 Å².